The average molecular weight is 470 g/mol. The lowest BCUT2D eigenvalue weighted by atomic mass is 10.0. The Kier molecular flexibility index (Phi) is 5.90. The topological polar surface area (TPSA) is 104 Å². The molecule has 1 aromatic carbocycles. The number of nitro benzene ring substituents is 1. The van der Waals surface area contributed by atoms with Crippen molar-refractivity contribution in [3.05, 3.63) is 93.3 Å². The summed E-state index contributed by atoms with van der Waals surface area (Å²) >= 11 is 2.66. The fraction of sp³-hybridized carbons (Fsp3) is 0.227. The summed E-state index contributed by atoms with van der Waals surface area (Å²) in [6.45, 7) is 5.28. The molecule has 3 aromatic rings. The van der Waals surface area contributed by atoms with Gasteiger partial charge in [0.05, 0.1) is 26.8 Å². The Labute approximate surface area is 190 Å². The SMILES string of the molecule is CC1=C(C(=O)OC(C)C)C(c2cccs2)n2c(s/c(=C\c3ccc([N+](=O)[O-])cc3)c2=O)=N1. The van der Waals surface area contributed by atoms with Crippen molar-refractivity contribution in [2.45, 2.75) is 32.9 Å². The summed E-state index contributed by atoms with van der Waals surface area (Å²) in [6, 6.07) is 9.07. The van der Waals surface area contributed by atoms with Gasteiger partial charge in [0, 0.05) is 17.0 Å². The first kappa shape index (κ1) is 21.8. The van der Waals surface area contributed by atoms with Gasteiger partial charge in [0.15, 0.2) is 4.80 Å². The van der Waals surface area contributed by atoms with Gasteiger partial charge < -0.3 is 4.74 Å². The number of thiophene rings is 1. The molecule has 1 aliphatic rings. The number of rotatable bonds is 5. The Morgan fingerprint density at radius 3 is 2.59 bits per heavy atom. The van der Waals surface area contributed by atoms with Crippen LogP contribution in [-0.2, 0) is 9.53 Å². The number of allylic oxidation sites excluding steroid dienone is 1. The van der Waals surface area contributed by atoms with Gasteiger partial charge in [0.1, 0.15) is 6.04 Å². The van der Waals surface area contributed by atoms with E-state index in [1.165, 1.54) is 39.4 Å². The number of fused-ring (bicyclic) bond motifs is 1. The Morgan fingerprint density at radius 1 is 1.28 bits per heavy atom. The van der Waals surface area contributed by atoms with Crippen molar-refractivity contribution in [2.24, 2.45) is 4.99 Å². The zero-order valence-corrected chi connectivity index (χ0v) is 19.1. The van der Waals surface area contributed by atoms with Crippen LogP contribution in [0.1, 0.15) is 37.3 Å². The maximum absolute atomic E-state index is 13.4. The van der Waals surface area contributed by atoms with E-state index in [9.17, 15) is 19.7 Å². The second kappa shape index (κ2) is 8.64. The van der Waals surface area contributed by atoms with Crippen molar-refractivity contribution < 1.29 is 14.5 Å². The molecule has 8 nitrogen and oxygen atoms in total. The Balaban J connectivity index is 1.87. The van der Waals surface area contributed by atoms with Gasteiger partial charge in [-0.1, -0.05) is 17.4 Å². The molecule has 32 heavy (non-hydrogen) atoms. The van der Waals surface area contributed by atoms with E-state index in [2.05, 4.69) is 4.99 Å². The van der Waals surface area contributed by atoms with E-state index in [0.29, 0.717) is 26.2 Å². The lowest BCUT2D eigenvalue weighted by Gasteiger charge is -2.24. The summed E-state index contributed by atoms with van der Waals surface area (Å²) in [4.78, 5) is 42.6. The van der Waals surface area contributed by atoms with Gasteiger partial charge >= 0.3 is 5.97 Å². The molecule has 0 aliphatic carbocycles. The van der Waals surface area contributed by atoms with Crippen molar-refractivity contribution in [1.29, 1.82) is 0 Å². The predicted molar refractivity (Wildman–Crippen MR) is 122 cm³/mol. The number of non-ortho nitro benzene ring substituents is 1. The van der Waals surface area contributed by atoms with E-state index in [1.807, 2.05) is 17.5 Å². The zero-order chi connectivity index (χ0) is 23.0. The number of nitrogens with zero attached hydrogens (tertiary/aromatic N) is 3. The number of hydrogen-bond donors (Lipinski definition) is 0. The molecule has 0 saturated heterocycles. The third-order valence-corrected chi connectivity index (χ3v) is 6.71. The van der Waals surface area contributed by atoms with Crippen molar-refractivity contribution in [2.75, 3.05) is 0 Å². The fourth-order valence-corrected chi connectivity index (χ4v) is 5.29. The number of benzene rings is 1. The molecule has 0 amide bonds. The van der Waals surface area contributed by atoms with Crippen LogP contribution in [0.4, 0.5) is 5.69 Å². The van der Waals surface area contributed by atoms with Crippen molar-refractivity contribution in [3.63, 3.8) is 0 Å². The first-order valence-electron chi connectivity index (χ1n) is 9.77. The van der Waals surface area contributed by atoms with Crippen LogP contribution in [0.25, 0.3) is 6.08 Å². The zero-order valence-electron chi connectivity index (χ0n) is 17.5. The standard InChI is InChI=1S/C22H19N3O5S2/c1-12(2)30-21(27)18-13(3)23-22-24(19(18)16-5-4-10-31-16)20(26)17(32-22)11-14-6-8-15(9-7-14)25(28)29/h4-12,19H,1-3H3/b17-11-. The highest BCUT2D eigenvalue weighted by molar-refractivity contribution is 7.10. The molecule has 0 fully saturated rings. The molecule has 1 aliphatic heterocycles. The van der Waals surface area contributed by atoms with Crippen LogP contribution < -0.4 is 14.9 Å². The smallest absolute Gasteiger partial charge is 0.338 e. The number of esters is 1. The van der Waals surface area contributed by atoms with Gasteiger partial charge in [-0.15, -0.1) is 11.3 Å². The number of carbonyl (C=O) groups is 1. The Hall–Kier alpha value is -3.37. The van der Waals surface area contributed by atoms with Gasteiger partial charge in [-0.05, 0) is 56.0 Å². The largest absolute Gasteiger partial charge is 0.459 e. The lowest BCUT2D eigenvalue weighted by Crippen LogP contribution is -2.39. The number of carbonyl (C=O) groups excluding carboxylic acids is 1. The molecule has 0 radical (unpaired) electrons. The summed E-state index contributed by atoms with van der Waals surface area (Å²) in [5.74, 6) is -0.496. The van der Waals surface area contributed by atoms with Gasteiger partial charge in [0.25, 0.3) is 11.2 Å². The van der Waals surface area contributed by atoms with Crippen LogP contribution in [0.15, 0.2) is 62.8 Å². The maximum atomic E-state index is 13.4. The van der Waals surface area contributed by atoms with E-state index in [1.54, 1.807) is 39.0 Å². The summed E-state index contributed by atoms with van der Waals surface area (Å²) < 4.78 is 7.40. The minimum Gasteiger partial charge on any atom is -0.459 e. The number of thiazole rings is 1. The summed E-state index contributed by atoms with van der Waals surface area (Å²) in [5, 5.41) is 12.8. The van der Waals surface area contributed by atoms with Gasteiger partial charge in [0.2, 0.25) is 0 Å². The van der Waals surface area contributed by atoms with Crippen molar-refractivity contribution in [3.8, 4) is 0 Å². The monoisotopic (exact) mass is 469 g/mol. The van der Waals surface area contributed by atoms with Crippen molar-refractivity contribution >= 4 is 40.4 Å². The normalized spacial score (nSPS) is 16.1. The maximum Gasteiger partial charge on any atom is 0.338 e. The predicted octanol–water partition coefficient (Wildman–Crippen LogP) is 3.16. The second-order valence-corrected chi connectivity index (χ2v) is 9.39. The quantitative estimate of drug-likeness (QED) is 0.324. The second-order valence-electron chi connectivity index (χ2n) is 7.40. The first-order chi connectivity index (χ1) is 15.3. The van der Waals surface area contributed by atoms with E-state index in [0.717, 1.165) is 4.88 Å². The van der Waals surface area contributed by atoms with Crippen LogP contribution in [0, 0.1) is 10.1 Å². The van der Waals surface area contributed by atoms with Crippen LogP contribution in [0.3, 0.4) is 0 Å². The third kappa shape index (κ3) is 4.06. The number of hydrogen-bond acceptors (Lipinski definition) is 8. The van der Waals surface area contributed by atoms with Crippen LogP contribution in [-0.4, -0.2) is 21.6 Å². The number of nitro groups is 1. The molecule has 10 heteroatoms. The molecular formula is C22H19N3O5S2. The minimum absolute atomic E-state index is 0.0229. The molecule has 4 rings (SSSR count). The van der Waals surface area contributed by atoms with Gasteiger partial charge in [-0.25, -0.2) is 9.79 Å². The van der Waals surface area contributed by atoms with E-state index >= 15 is 0 Å². The molecule has 0 N–H and O–H groups in total. The Morgan fingerprint density at radius 2 is 2.00 bits per heavy atom. The van der Waals surface area contributed by atoms with Crippen LogP contribution >= 0.6 is 22.7 Å². The highest BCUT2D eigenvalue weighted by atomic mass is 32.1. The minimum atomic E-state index is -0.628. The molecule has 1 atom stereocenters. The van der Waals surface area contributed by atoms with Crippen molar-refractivity contribution in [1.82, 2.24) is 4.57 Å². The average Bonchev–Trinajstić information content (AvgIpc) is 3.36. The lowest BCUT2D eigenvalue weighted by molar-refractivity contribution is -0.384. The highest BCUT2D eigenvalue weighted by Gasteiger charge is 2.34. The highest BCUT2D eigenvalue weighted by Crippen LogP contribution is 2.33. The molecule has 0 bridgehead atoms. The third-order valence-electron chi connectivity index (χ3n) is 4.80. The molecule has 3 heterocycles. The van der Waals surface area contributed by atoms with Gasteiger partial charge in [-0.2, -0.15) is 0 Å². The van der Waals surface area contributed by atoms with Crippen LogP contribution in [0.2, 0.25) is 0 Å². The fourth-order valence-electron chi connectivity index (χ4n) is 3.42. The number of ether oxygens (including phenoxy) is 1. The summed E-state index contributed by atoms with van der Waals surface area (Å²) in [5.41, 5.74) is 1.20. The molecule has 0 saturated carbocycles. The molecular weight excluding hydrogens is 450 g/mol. The Bertz CT molecular complexity index is 1400. The first-order valence-corrected chi connectivity index (χ1v) is 11.5. The molecule has 2 aromatic heterocycles. The summed E-state index contributed by atoms with van der Waals surface area (Å²) in [7, 11) is 0. The number of aromatic nitrogens is 1. The van der Waals surface area contributed by atoms with Gasteiger partial charge in [-0.3, -0.25) is 19.5 Å². The van der Waals surface area contributed by atoms with E-state index in [-0.39, 0.29) is 17.4 Å². The molecule has 0 spiro atoms. The van der Waals surface area contributed by atoms with E-state index in [4.69, 9.17) is 4.74 Å². The molecule has 1 unspecified atom stereocenters. The van der Waals surface area contributed by atoms with Crippen LogP contribution in [0.5, 0.6) is 0 Å². The summed E-state index contributed by atoms with van der Waals surface area (Å²) in [6.07, 6.45) is 1.36. The molecule has 164 valence electrons. The van der Waals surface area contributed by atoms with E-state index < -0.39 is 16.9 Å².